The predicted octanol–water partition coefficient (Wildman–Crippen LogP) is 1.18. The number of quaternary nitrogens is 1. The molecular formula is C17H23N4O3S2+. The van der Waals surface area contributed by atoms with Crippen LogP contribution in [0.2, 0.25) is 0 Å². The average Bonchev–Trinajstić information content (AvgIpc) is 3.14. The van der Waals surface area contributed by atoms with Crippen LogP contribution in [0, 0.1) is 17.8 Å². The maximum atomic E-state index is 11.9. The van der Waals surface area contributed by atoms with Crippen LogP contribution in [0.4, 0.5) is 10.8 Å². The van der Waals surface area contributed by atoms with E-state index in [1.807, 2.05) is 12.1 Å². The zero-order valence-electron chi connectivity index (χ0n) is 15.0. The van der Waals surface area contributed by atoms with Gasteiger partial charge in [-0.3, -0.25) is 0 Å². The standard InChI is InChI=1S/C17H22N4O3S2/c1-10-5-4-6-13(11(10)2)18-16-19-21(17(25)26-16)9-20-8-12(22)7-14(20)15(23)24-3/h4-6,12,14,22H,7-9H2,1-3H3,(H,18,19)/p+1/t12-,14-/m0/s1. The number of benzene rings is 1. The van der Waals surface area contributed by atoms with E-state index in [0.29, 0.717) is 28.7 Å². The first-order valence-corrected chi connectivity index (χ1v) is 9.63. The van der Waals surface area contributed by atoms with Crippen molar-refractivity contribution in [1.29, 1.82) is 0 Å². The van der Waals surface area contributed by atoms with Gasteiger partial charge in [-0.05, 0) is 43.3 Å². The Labute approximate surface area is 161 Å². The van der Waals surface area contributed by atoms with E-state index in [0.717, 1.165) is 10.6 Å². The maximum Gasteiger partial charge on any atom is 0.364 e. The molecule has 2 heterocycles. The van der Waals surface area contributed by atoms with Gasteiger partial charge in [0.1, 0.15) is 12.6 Å². The van der Waals surface area contributed by atoms with Gasteiger partial charge in [0.05, 0.1) is 7.11 Å². The highest BCUT2D eigenvalue weighted by atomic mass is 32.1. The Hall–Kier alpha value is -1.81. The molecule has 1 aromatic heterocycles. The molecule has 0 bridgehead atoms. The summed E-state index contributed by atoms with van der Waals surface area (Å²) in [6.45, 7) is 5.01. The van der Waals surface area contributed by atoms with Crippen LogP contribution in [-0.2, 0) is 16.2 Å². The molecule has 9 heteroatoms. The van der Waals surface area contributed by atoms with Gasteiger partial charge in [-0.15, -0.1) is 5.10 Å². The molecule has 2 aromatic rings. The molecule has 0 amide bonds. The van der Waals surface area contributed by atoms with Crippen molar-refractivity contribution >= 4 is 40.3 Å². The quantitative estimate of drug-likeness (QED) is 0.521. The fourth-order valence-electron chi connectivity index (χ4n) is 3.20. The van der Waals surface area contributed by atoms with E-state index >= 15 is 0 Å². The average molecular weight is 396 g/mol. The van der Waals surface area contributed by atoms with E-state index in [9.17, 15) is 9.90 Å². The monoisotopic (exact) mass is 395 g/mol. The summed E-state index contributed by atoms with van der Waals surface area (Å²) < 4.78 is 7.18. The first-order valence-electron chi connectivity index (χ1n) is 8.40. The van der Waals surface area contributed by atoms with Gasteiger partial charge in [0.15, 0.2) is 16.7 Å². The van der Waals surface area contributed by atoms with E-state index in [1.165, 1.54) is 29.6 Å². The number of aryl methyl sites for hydroxylation is 1. The number of likely N-dealkylation sites (tertiary alicyclic amines) is 1. The minimum absolute atomic E-state index is 0.313. The lowest BCUT2D eigenvalue weighted by Crippen LogP contribution is -3.14. The van der Waals surface area contributed by atoms with Gasteiger partial charge in [-0.1, -0.05) is 23.5 Å². The molecule has 7 nitrogen and oxygen atoms in total. The molecule has 1 aromatic carbocycles. The molecule has 1 unspecified atom stereocenters. The minimum Gasteiger partial charge on any atom is -0.465 e. The van der Waals surface area contributed by atoms with Crippen molar-refractivity contribution in [3.8, 4) is 0 Å². The fraction of sp³-hybridized carbons (Fsp3) is 0.471. The highest BCUT2D eigenvalue weighted by molar-refractivity contribution is 7.73. The highest BCUT2D eigenvalue weighted by Crippen LogP contribution is 2.24. The number of carbonyl (C=O) groups is 1. The number of hydrogen-bond donors (Lipinski definition) is 3. The number of hydrogen-bond acceptors (Lipinski definition) is 7. The van der Waals surface area contributed by atoms with Gasteiger partial charge in [-0.2, -0.15) is 4.68 Å². The first kappa shape index (κ1) is 19.0. The molecule has 1 saturated heterocycles. The van der Waals surface area contributed by atoms with Crippen molar-refractivity contribution in [2.75, 3.05) is 19.0 Å². The summed E-state index contributed by atoms with van der Waals surface area (Å²) in [6, 6.07) is 5.68. The second-order valence-electron chi connectivity index (χ2n) is 6.53. The fourth-order valence-corrected chi connectivity index (χ4v) is 4.22. The number of nitrogens with zero attached hydrogens (tertiary/aromatic N) is 2. The van der Waals surface area contributed by atoms with Gasteiger partial charge in [0.25, 0.3) is 0 Å². The van der Waals surface area contributed by atoms with Crippen LogP contribution in [0.5, 0.6) is 0 Å². The number of aliphatic hydroxyl groups is 1. The van der Waals surface area contributed by atoms with E-state index in [1.54, 1.807) is 4.68 Å². The largest absolute Gasteiger partial charge is 0.465 e. The molecule has 3 atom stereocenters. The Morgan fingerprint density at radius 3 is 3.04 bits per heavy atom. The molecule has 1 aliphatic rings. The van der Waals surface area contributed by atoms with Crippen molar-refractivity contribution in [1.82, 2.24) is 9.78 Å². The molecule has 0 spiro atoms. The highest BCUT2D eigenvalue weighted by Gasteiger charge is 2.41. The number of esters is 1. The van der Waals surface area contributed by atoms with E-state index in [-0.39, 0.29) is 5.97 Å². The maximum absolute atomic E-state index is 11.9. The van der Waals surface area contributed by atoms with Gasteiger partial charge < -0.3 is 20.1 Å². The van der Waals surface area contributed by atoms with Crippen LogP contribution < -0.4 is 10.2 Å². The summed E-state index contributed by atoms with van der Waals surface area (Å²) in [5, 5.41) is 18.5. The van der Waals surface area contributed by atoms with Crippen LogP contribution in [0.3, 0.4) is 0 Å². The lowest BCUT2D eigenvalue weighted by molar-refractivity contribution is -0.928. The SMILES string of the molecule is COC(=O)[C@@H]1C[C@H](O)C[NH+]1Cn1nc(Nc2cccc(C)c2C)sc1=S. The Morgan fingerprint density at radius 1 is 1.54 bits per heavy atom. The van der Waals surface area contributed by atoms with Gasteiger partial charge in [0, 0.05) is 12.1 Å². The molecule has 0 saturated carbocycles. The molecule has 0 radical (unpaired) electrons. The van der Waals surface area contributed by atoms with Gasteiger partial charge in [-0.25, -0.2) is 4.79 Å². The lowest BCUT2D eigenvalue weighted by Gasteiger charge is -2.18. The summed E-state index contributed by atoms with van der Waals surface area (Å²) in [7, 11) is 1.37. The first-order chi connectivity index (χ1) is 12.4. The van der Waals surface area contributed by atoms with E-state index < -0.39 is 12.1 Å². The van der Waals surface area contributed by atoms with Crippen molar-refractivity contribution < 1.29 is 19.5 Å². The number of aliphatic hydroxyl groups excluding tert-OH is 1. The Kier molecular flexibility index (Phi) is 5.71. The zero-order valence-corrected chi connectivity index (χ0v) is 16.6. The number of carbonyl (C=O) groups excluding carboxylic acids is 1. The molecule has 1 aliphatic heterocycles. The number of ether oxygens (including phenoxy) is 1. The molecule has 3 N–H and O–H groups in total. The van der Waals surface area contributed by atoms with Crippen molar-refractivity contribution in [2.45, 2.75) is 39.1 Å². The number of anilines is 2. The molecular weight excluding hydrogens is 372 g/mol. The summed E-state index contributed by atoms with van der Waals surface area (Å²) in [5.74, 6) is -0.313. The van der Waals surface area contributed by atoms with Crippen molar-refractivity contribution in [3.05, 3.63) is 33.3 Å². The van der Waals surface area contributed by atoms with E-state index in [2.05, 4.69) is 30.3 Å². The van der Waals surface area contributed by atoms with Crippen LogP contribution >= 0.6 is 23.6 Å². The van der Waals surface area contributed by atoms with Gasteiger partial charge in [0.2, 0.25) is 5.13 Å². The Balaban J connectivity index is 1.77. The topological polar surface area (TPSA) is 80.8 Å². The summed E-state index contributed by atoms with van der Waals surface area (Å²) >= 11 is 6.82. The van der Waals surface area contributed by atoms with Crippen LogP contribution in [0.15, 0.2) is 18.2 Å². The number of aromatic nitrogens is 2. The van der Waals surface area contributed by atoms with Crippen LogP contribution in [0.1, 0.15) is 17.5 Å². The normalized spacial score (nSPS) is 22.4. The van der Waals surface area contributed by atoms with Crippen LogP contribution in [0.25, 0.3) is 0 Å². The minimum atomic E-state index is -0.519. The second-order valence-corrected chi connectivity index (χ2v) is 8.15. The molecule has 1 fully saturated rings. The van der Waals surface area contributed by atoms with Gasteiger partial charge >= 0.3 is 5.97 Å². The smallest absolute Gasteiger partial charge is 0.364 e. The molecule has 140 valence electrons. The Bertz CT molecular complexity index is 864. The predicted molar refractivity (Wildman–Crippen MR) is 102 cm³/mol. The number of rotatable bonds is 5. The second kappa shape index (κ2) is 7.83. The van der Waals surface area contributed by atoms with Crippen LogP contribution in [-0.4, -0.2) is 46.7 Å². The lowest BCUT2D eigenvalue weighted by atomic mass is 10.1. The number of methoxy groups -OCH3 is 1. The third-order valence-electron chi connectivity index (χ3n) is 4.79. The summed E-state index contributed by atoms with van der Waals surface area (Å²) in [5.41, 5.74) is 3.37. The van der Waals surface area contributed by atoms with E-state index in [4.69, 9.17) is 17.0 Å². The van der Waals surface area contributed by atoms with Crippen molar-refractivity contribution in [3.63, 3.8) is 0 Å². The molecule has 3 rings (SSSR count). The summed E-state index contributed by atoms with van der Waals surface area (Å²) in [6.07, 6.45) is -0.123. The van der Waals surface area contributed by atoms with Crippen molar-refractivity contribution in [2.24, 2.45) is 0 Å². The third-order valence-corrected chi connectivity index (χ3v) is 6.01. The number of nitrogens with one attached hydrogen (secondary N) is 2. The third kappa shape index (κ3) is 3.96. The summed E-state index contributed by atoms with van der Waals surface area (Å²) in [4.78, 5) is 12.8. The molecule has 0 aliphatic carbocycles. The Morgan fingerprint density at radius 2 is 2.31 bits per heavy atom. The zero-order chi connectivity index (χ0) is 18.8. The molecule has 26 heavy (non-hydrogen) atoms.